The highest BCUT2D eigenvalue weighted by Gasteiger charge is 2.13. The van der Waals surface area contributed by atoms with Crippen molar-refractivity contribution in [2.24, 2.45) is 14.1 Å². The first kappa shape index (κ1) is 24.4. The van der Waals surface area contributed by atoms with Gasteiger partial charge >= 0.3 is 0 Å². The third-order valence-electron chi connectivity index (χ3n) is 4.91. The van der Waals surface area contributed by atoms with Crippen LogP contribution in [0.3, 0.4) is 0 Å². The molecule has 2 amide bonds. The van der Waals surface area contributed by atoms with Gasteiger partial charge in [-0.3, -0.25) is 9.59 Å². The molecule has 37 heavy (non-hydrogen) atoms. The van der Waals surface area contributed by atoms with Crippen LogP contribution < -0.4 is 10.6 Å². The highest BCUT2D eigenvalue weighted by molar-refractivity contribution is 8.00. The van der Waals surface area contributed by atoms with Crippen LogP contribution in [0.25, 0.3) is 22.6 Å². The zero-order valence-corrected chi connectivity index (χ0v) is 21.2. The van der Waals surface area contributed by atoms with Gasteiger partial charge in [0.1, 0.15) is 5.52 Å². The number of oxazole rings is 1. The monoisotopic (exact) mass is 537 g/mol. The van der Waals surface area contributed by atoms with Crippen molar-refractivity contribution in [3.05, 3.63) is 42.5 Å². The molecule has 0 spiro atoms. The molecule has 2 N–H and O–H groups in total. The lowest BCUT2D eigenvalue weighted by molar-refractivity contribution is -0.114. The molecular weight excluding hydrogens is 518 g/mol. The van der Waals surface area contributed by atoms with E-state index in [1.165, 1.54) is 32.9 Å². The maximum atomic E-state index is 12.3. The van der Waals surface area contributed by atoms with Crippen molar-refractivity contribution >= 4 is 57.8 Å². The van der Waals surface area contributed by atoms with Crippen LogP contribution in [0.1, 0.15) is 0 Å². The number of benzene rings is 2. The van der Waals surface area contributed by atoms with Gasteiger partial charge in [-0.2, -0.15) is 0 Å². The van der Waals surface area contributed by atoms with Crippen molar-refractivity contribution in [1.82, 2.24) is 45.4 Å². The van der Waals surface area contributed by atoms with Crippen LogP contribution in [-0.2, 0) is 23.7 Å². The minimum absolute atomic E-state index is 0.162. The van der Waals surface area contributed by atoms with Gasteiger partial charge in [0.2, 0.25) is 28.0 Å². The highest BCUT2D eigenvalue weighted by atomic mass is 32.2. The van der Waals surface area contributed by atoms with Gasteiger partial charge in [0.15, 0.2) is 5.58 Å². The highest BCUT2D eigenvalue weighted by Crippen LogP contribution is 2.27. The predicted octanol–water partition coefficient (Wildman–Crippen LogP) is 2.00. The van der Waals surface area contributed by atoms with Crippen LogP contribution in [-0.4, -0.2) is 68.7 Å². The van der Waals surface area contributed by atoms with E-state index in [9.17, 15) is 9.59 Å². The molecule has 3 heterocycles. The van der Waals surface area contributed by atoms with Crippen LogP contribution in [0.4, 0.5) is 11.4 Å². The van der Waals surface area contributed by atoms with E-state index in [4.69, 9.17) is 4.42 Å². The topological polar surface area (TPSA) is 171 Å². The number of thioether (sulfide) groups is 2. The van der Waals surface area contributed by atoms with E-state index in [0.717, 1.165) is 5.56 Å². The maximum absolute atomic E-state index is 12.3. The molecule has 0 aliphatic rings. The quantitative estimate of drug-likeness (QED) is 0.262. The number of amides is 2. The molecule has 0 bridgehead atoms. The fourth-order valence-corrected chi connectivity index (χ4v) is 4.47. The van der Waals surface area contributed by atoms with Gasteiger partial charge < -0.3 is 15.1 Å². The first-order chi connectivity index (χ1) is 17.9. The summed E-state index contributed by atoms with van der Waals surface area (Å²) in [5.41, 5.74) is 3.17. The number of carbonyl (C=O) groups excluding carboxylic acids is 2. The number of fused-ring (bicyclic) bond motifs is 1. The Labute approximate surface area is 217 Å². The number of nitrogens with one attached hydrogen (secondary N) is 2. The molecule has 0 unspecified atom stereocenters. The predicted molar refractivity (Wildman–Crippen MR) is 136 cm³/mol. The zero-order chi connectivity index (χ0) is 25.8. The van der Waals surface area contributed by atoms with Crippen LogP contribution in [0.15, 0.2) is 57.2 Å². The number of anilines is 2. The molecule has 5 aromatic rings. The van der Waals surface area contributed by atoms with E-state index in [1.54, 1.807) is 56.6 Å². The first-order valence-electron chi connectivity index (χ1n) is 10.8. The molecule has 14 nitrogen and oxygen atoms in total. The van der Waals surface area contributed by atoms with Crippen molar-refractivity contribution in [2.45, 2.75) is 10.3 Å². The molecular formula is C21H19N11O3S2. The number of aromatic nitrogens is 9. The Bertz CT molecular complexity index is 1560. The molecule has 16 heteroatoms. The van der Waals surface area contributed by atoms with E-state index >= 15 is 0 Å². The molecule has 188 valence electrons. The van der Waals surface area contributed by atoms with Gasteiger partial charge in [0.25, 0.3) is 0 Å². The Kier molecular flexibility index (Phi) is 7.09. The molecule has 0 saturated carbocycles. The van der Waals surface area contributed by atoms with Crippen LogP contribution in [0.2, 0.25) is 0 Å². The summed E-state index contributed by atoms with van der Waals surface area (Å²) >= 11 is 2.48. The molecule has 2 aromatic carbocycles. The lowest BCUT2D eigenvalue weighted by Gasteiger charge is -2.05. The molecule has 3 aromatic heterocycles. The van der Waals surface area contributed by atoms with E-state index in [-0.39, 0.29) is 23.3 Å². The van der Waals surface area contributed by atoms with Gasteiger partial charge in [0.05, 0.1) is 11.5 Å². The fraction of sp³-hybridized carbons (Fsp3) is 0.190. The van der Waals surface area contributed by atoms with Crippen molar-refractivity contribution in [3.63, 3.8) is 0 Å². The number of aryl methyl sites for hydroxylation is 2. The summed E-state index contributed by atoms with van der Waals surface area (Å²) in [4.78, 5) is 29.1. The van der Waals surface area contributed by atoms with Crippen molar-refractivity contribution < 1.29 is 14.0 Å². The lowest BCUT2D eigenvalue weighted by Crippen LogP contribution is -2.14. The summed E-state index contributed by atoms with van der Waals surface area (Å²) < 4.78 is 8.87. The summed E-state index contributed by atoms with van der Waals surface area (Å²) in [6.45, 7) is 0. The van der Waals surface area contributed by atoms with Crippen molar-refractivity contribution in [3.8, 4) is 11.5 Å². The first-order valence-corrected chi connectivity index (χ1v) is 12.7. The average Bonchev–Trinajstić information content (AvgIpc) is 3.61. The second-order valence-corrected chi connectivity index (χ2v) is 9.51. The summed E-state index contributed by atoms with van der Waals surface area (Å²) in [5, 5.41) is 29.0. The third-order valence-corrected chi connectivity index (χ3v) is 6.94. The summed E-state index contributed by atoms with van der Waals surface area (Å²) in [7, 11) is 3.42. The molecule has 5 rings (SSSR count). The maximum Gasteiger partial charge on any atom is 0.234 e. The summed E-state index contributed by atoms with van der Waals surface area (Å²) in [5.74, 6) is 0.391. The van der Waals surface area contributed by atoms with Gasteiger partial charge in [-0.1, -0.05) is 23.5 Å². The minimum atomic E-state index is -0.194. The lowest BCUT2D eigenvalue weighted by atomic mass is 10.2. The molecule has 0 fully saturated rings. The Morgan fingerprint density at radius 1 is 0.838 bits per heavy atom. The van der Waals surface area contributed by atoms with Gasteiger partial charge in [-0.05, 0) is 63.3 Å². The SMILES string of the molecule is Cn1nnnc1SCC(=O)Nc1ccc(-c2nc3cc(NC(=O)CSc4nnnn4C)ccc3o2)cc1. The molecule has 0 saturated heterocycles. The average molecular weight is 538 g/mol. The Morgan fingerprint density at radius 2 is 1.41 bits per heavy atom. The van der Waals surface area contributed by atoms with Crippen LogP contribution in [0.5, 0.6) is 0 Å². The van der Waals surface area contributed by atoms with Gasteiger partial charge in [-0.25, -0.2) is 14.3 Å². The molecule has 0 radical (unpaired) electrons. The van der Waals surface area contributed by atoms with Crippen LogP contribution in [0, 0.1) is 0 Å². The molecule has 0 atom stereocenters. The van der Waals surface area contributed by atoms with E-state index in [1.807, 2.05) is 0 Å². The van der Waals surface area contributed by atoms with Crippen molar-refractivity contribution in [2.75, 3.05) is 22.1 Å². The smallest absolute Gasteiger partial charge is 0.234 e. The van der Waals surface area contributed by atoms with Gasteiger partial charge in [0, 0.05) is 31.0 Å². The third kappa shape index (κ3) is 5.92. The van der Waals surface area contributed by atoms with E-state index < -0.39 is 0 Å². The summed E-state index contributed by atoms with van der Waals surface area (Å²) in [6, 6.07) is 12.4. The van der Waals surface area contributed by atoms with Crippen LogP contribution >= 0.6 is 23.5 Å². The van der Waals surface area contributed by atoms with E-state index in [0.29, 0.717) is 38.7 Å². The molecule has 0 aliphatic carbocycles. The Morgan fingerprint density at radius 3 is 1.97 bits per heavy atom. The zero-order valence-electron chi connectivity index (χ0n) is 19.5. The largest absolute Gasteiger partial charge is 0.436 e. The van der Waals surface area contributed by atoms with E-state index in [2.05, 4.69) is 46.7 Å². The molecule has 0 aliphatic heterocycles. The number of rotatable bonds is 9. The number of nitrogens with zero attached hydrogens (tertiary/aromatic N) is 9. The number of carbonyl (C=O) groups is 2. The standard InChI is InChI=1S/C21H19N11O3S2/c1-31-20(25-27-29-31)36-10-17(33)22-13-5-3-12(4-6-13)19-24-15-9-14(7-8-16(15)35-19)23-18(34)11-37-21-26-28-30-32(21)2/h3-9H,10-11H2,1-2H3,(H,22,33)(H,23,34). The second-order valence-electron chi connectivity index (χ2n) is 7.62. The number of tetrazole rings is 2. The van der Waals surface area contributed by atoms with Crippen molar-refractivity contribution in [1.29, 1.82) is 0 Å². The number of hydrogen-bond donors (Lipinski definition) is 2. The normalized spacial score (nSPS) is 11.1. The number of hydrogen-bond acceptors (Lipinski definition) is 12. The Hall–Kier alpha value is -4.31. The summed E-state index contributed by atoms with van der Waals surface area (Å²) in [6.07, 6.45) is 0. The second kappa shape index (κ2) is 10.8. The van der Waals surface area contributed by atoms with Gasteiger partial charge in [-0.15, -0.1) is 10.2 Å². The fourth-order valence-electron chi connectivity index (χ4n) is 3.17. The Balaban J connectivity index is 1.18. The minimum Gasteiger partial charge on any atom is -0.436 e.